The summed E-state index contributed by atoms with van der Waals surface area (Å²) >= 11 is 0. The van der Waals surface area contributed by atoms with Gasteiger partial charge < -0.3 is 14.2 Å². The molecule has 0 aromatic heterocycles. The Balaban J connectivity index is 2.95. The van der Waals surface area contributed by atoms with Crippen LogP contribution in [0.25, 0.3) is 0 Å². The van der Waals surface area contributed by atoms with Gasteiger partial charge in [-0.15, -0.1) is 0 Å². The van der Waals surface area contributed by atoms with Gasteiger partial charge in [0.2, 0.25) is 6.10 Å². The van der Waals surface area contributed by atoms with E-state index < -0.39 is 55.6 Å². The van der Waals surface area contributed by atoms with Gasteiger partial charge in [-0.25, -0.2) is 4.79 Å². The highest BCUT2D eigenvalue weighted by Crippen LogP contribution is 2.30. The number of hydrogen-bond donors (Lipinski definition) is 0. The number of halogens is 6. The Kier molecular flexibility index (Phi) is 8.49. The SMILES string of the molecule is CCC(C)(COCC(F)(F)F)C(=O)OC(C(=O)OCC(F)(F)F)c1ccccc1. The van der Waals surface area contributed by atoms with Crippen LogP contribution in [0.15, 0.2) is 30.3 Å². The zero-order valence-electron chi connectivity index (χ0n) is 15.6. The van der Waals surface area contributed by atoms with Gasteiger partial charge in [-0.3, -0.25) is 4.79 Å². The zero-order chi connectivity index (χ0) is 22.3. The van der Waals surface area contributed by atoms with E-state index in [0.717, 1.165) is 0 Å². The molecule has 0 bridgehead atoms. The van der Waals surface area contributed by atoms with Crippen molar-refractivity contribution in [2.45, 2.75) is 38.7 Å². The molecule has 0 saturated carbocycles. The molecule has 1 aromatic rings. The number of carbonyl (C=O) groups excluding carboxylic acids is 2. The molecule has 11 heteroatoms. The first kappa shape index (κ1) is 24.7. The maximum Gasteiger partial charge on any atom is 0.422 e. The molecule has 0 saturated heterocycles. The summed E-state index contributed by atoms with van der Waals surface area (Å²) in [5.41, 5.74) is -1.52. The Bertz CT molecular complexity index is 674. The fraction of sp³-hybridized carbons (Fsp3) is 0.556. The average Bonchev–Trinajstić information content (AvgIpc) is 2.62. The molecule has 0 radical (unpaired) electrons. The van der Waals surface area contributed by atoms with Crippen molar-refractivity contribution in [2.75, 3.05) is 19.8 Å². The van der Waals surface area contributed by atoms with Crippen LogP contribution in [0.3, 0.4) is 0 Å². The zero-order valence-corrected chi connectivity index (χ0v) is 15.6. The number of carbonyl (C=O) groups is 2. The van der Waals surface area contributed by atoms with Crippen LogP contribution in [-0.2, 0) is 23.8 Å². The highest BCUT2D eigenvalue weighted by atomic mass is 19.4. The molecule has 0 aliphatic heterocycles. The third-order valence-corrected chi connectivity index (χ3v) is 3.88. The fourth-order valence-electron chi connectivity index (χ4n) is 2.06. The van der Waals surface area contributed by atoms with E-state index in [9.17, 15) is 35.9 Å². The van der Waals surface area contributed by atoms with Crippen molar-refractivity contribution in [3.8, 4) is 0 Å². The average molecular weight is 430 g/mol. The second kappa shape index (κ2) is 9.95. The molecular formula is C18H20F6O5. The lowest BCUT2D eigenvalue weighted by molar-refractivity contribution is -0.200. The predicted molar refractivity (Wildman–Crippen MR) is 87.6 cm³/mol. The molecule has 2 unspecified atom stereocenters. The largest absolute Gasteiger partial charge is 0.453 e. The Hall–Kier alpha value is -2.30. The van der Waals surface area contributed by atoms with Crippen molar-refractivity contribution in [2.24, 2.45) is 5.41 Å². The highest BCUT2D eigenvalue weighted by Gasteiger charge is 2.40. The second-order valence-corrected chi connectivity index (χ2v) is 6.44. The highest BCUT2D eigenvalue weighted by molar-refractivity contribution is 5.83. The smallest absolute Gasteiger partial charge is 0.422 e. The lowest BCUT2D eigenvalue weighted by Gasteiger charge is -2.28. The van der Waals surface area contributed by atoms with Gasteiger partial charge in [0, 0.05) is 5.56 Å². The molecule has 0 aliphatic carbocycles. The van der Waals surface area contributed by atoms with E-state index in [-0.39, 0.29) is 12.0 Å². The molecule has 0 heterocycles. The number of benzene rings is 1. The molecule has 1 aromatic carbocycles. The molecule has 29 heavy (non-hydrogen) atoms. The van der Waals surface area contributed by atoms with Crippen molar-refractivity contribution in [3.63, 3.8) is 0 Å². The van der Waals surface area contributed by atoms with Crippen LogP contribution in [0, 0.1) is 5.41 Å². The summed E-state index contributed by atoms with van der Waals surface area (Å²) in [6.07, 6.45) is -11.2. The summed E-state index contributed by atoms with van der Waals surface area (Å²) < 4.78 is 87.5. The van der Waals surface area contributed by atoms with Gasteiger partial charge in [-0.2, -0.15) is 26.3 Å². The molecule has 164 valence electrons. The molecule has 0 aliphatic rings. The van der Waals surface area contributed by atoms with E-state index in [4.69, 9.17) is 4.74 Å². The Morgan fingerprint density at radius 2 is 1.48 bits per heavy atom. The third-order valence-electron chi connectivity index (χ3n) is 3.88. The van der Waals surface area contributed by atoms with E-state index in [2.05, 4.69) is 9.47 Å². The van der Waals surface area contributed by atoms with Crippen molar-refractivity contribution in [1.82, 2.24) is 0 Å². The lowest BCUT2D eigenvalue weighted by atomic mass is 9.88. The van der Waals surface area contributed by atoms with Gasteiger partial charge in [0.1, 0.15) is 6.61 Å². The summed E-state index contributed by atoms with van der Waals surface area (Å²) in [6.45, 7) is -1.40. The molecule has 5 nitrogen and oxygen atoms in total. The molecule has 0 spiro atoms. The standard InChI is InChI=1S/C18H20F6O5/c1-3-16(2,9-27-10-17(19,20)21)15(26)29-13(12-7-5-4-6-8-12)14(25)28-11-18(22,23)24/h4-8,13H,3,9-11H2,1-2H3. The number of hydrogen-bond acceptors (Lipinski definition) is 5. The minimum atomic E-state index is -4.79. The summed E-state index contributed by atoms with van der Waals surface area (Å²) in [7, 11) is 0. The van der Waals surface area contributed by atoms with Gasteiger partial charge >= 0.3 is 24.3 Å². The number of esters is 2. The minimum absolute atomic E-state index is 0.0111. The first-order chi connectivity index (χ1) is 13.3. The summed E-state index contributed by atoms with van der Waals surface area (Å²) in [6, 6.07) is 7.13. The van der Waals surface area contributed by atoms with Crippen molar-refractivity contribution in [3.05, 3.63) is 35.9 Å². The van der Waals surface area contributed by atoms with E-state index >= 15 is 0 Å². The van der Waals surface area contributed by atoms with Gasteiger partial charge in [0.25, 0.3) is 0 Å². The van der Waals surface area contributed by atoms with E-state index in [1.165, 1.54) is 38.1 Å². The summed E-state index contributed by atoms with van der Waals surface area (Å²) in [5.74, 6) is -2.57. The first-order valence-corrected chi connectivity index (χ1v) is 8.41. The van der Waals surface area contributed by atoms with Crippen molar-refractivity contribution >= 4 is 11.9 Å². The van der Waals surface area contributed by atoms with Crippen LogP contribution < -0.4 is 0 Å². The van der Waals surface area contributed by atoms with Crippen molar-refractivity contribution < 1.29 is 50.1 Å². The van der Waals surface area contributed by atoms with Crippen LogP contribution in [0.5, 0.6) is 0 Å². The number of alkyl halides is 6. The third kappa shape index (κ3) is 8.71. The van der Waals surface area contributed by atoms with Gasteiger partial charge in [-0.05, 0) is 13.3 Å². The maximum absolute atomic E-state index is 12.5. The van der Waals surface area contributed by atoms with Gasteiger partial charge in [-0.1, -0.05) is 37.3 Å². The Labute approximate surface area is 162 Å². The van der Waals surface area contributed by atoms with E-state index in [0.29, 0.717) is 0 Å². The van der Waals surface area contributed by atoms with Gasteiger partial charge in [0.05, 0.1) is 12.0 Å². The summed E-state index contributed by atoms with van der Waals surface area (Å²) in [5, 5.41) is 0. The predicted octanol–water partition coefficient (Wildman–Crippen LogP) is 4.37. The van der Waals surface area contributed by atoms with Crippen LogP contribution in [0.1, 0.15) is 31.9 Å². The van der Waals surface area contributed by atoms with Crippen molar-refractivity contribution in [1.29, 1.82) is 0 Å². The van der Waals surface area contributed by atoms with Crippen LogP contribution in [0.4, 0.5) is 26.3 Å². The molecule has 0 amide bonds. The number of ether oxygens (including phenoxy) is 3. The topological polar surface area (TPSA) is 61.8 Å². The van der Waals surface area contributed by atoms with Gasteiger partial charge in [0.15, 0.2) is 6.61 Å². The fourth-order valence-corrected chi connectivity index (χ4v) is 2.06. The van der Waals surface area contributed by atoms with Crippen LogP contribution in [-0.4, -0.2) is 44.1 Å². The second-order valence-electron chi connectivity index (χ2n) is 6.44. The lowest BCUT2D eigenvalue weighted by Crippen LogP contribution is -2.38. The molecular weight excluding hydrogens is 410 g/mol. The quantitative estimate of drug-likeness (QED) is 0.430. The van der Waals surface area contributed by atoms with Crippen LogP contribution >= 0.6 is 0 Å². The Morgan fingerprint density at radius 1 is 0.931 bits per heavy atom. The van der Waals surface area contributed by atoms with E-state index in [1.54, 1.807) is 6.07 Å². The number of rotatable bonds is 9. The normalized spacial score (nSPS) is 15.3. The monoisotopic (exact) mass is 430 g/mol. The Morgan fingerprint density at radius 3 is 1.97 bits per heavy atom. The first-order valence-electron chi connectivity index (χ1n) is 8.41. The molecule has 2 atom stereocenters. The van der Waals surface area contributed by atoms with Crippen LogP contribution in [0.2, 0.25) is 0 Å². The molecule has 1 rings (SSSR count). The molecule has 0 fully saturated rings. The summed E-state index contributed by atoms with van der Waals surface area (Å²) in [4.78, 5) is 24.6. The maximum atomic E-state index is 12.5. The minimum Gasteiger partial charge on any atom is -0.453 e. The van der Waals surface area contributed by atoms with E-state index in [1.807, 2.05) is 0 Å². The molecule has 0 N–H and O–H groups in total.